The Bertz CT molecular complexity index is 859. The van der Waals surface area contributed by atoms with Gasteiger partial charge in [-0.2, -0.15) is 0 Å². The summed E-state index contributed by atoms with van der Waals surface area (Å²) in [5.74, 6) is 0.943. The molecule has 0 aromatic heterocycles. The van der Waals surface area contributed by atoms with Crippen LogP contribution in [0.2, 0.25) is 0 Å². The monoisotopic (exact) mass is 336 g/mol. The Balaban J connectivity index is 2.20. The molecular formula is C22H24O3. The second-order valence-corrected chi connectivity index (χ2v) is 8.36. The van der Waals surface area contributed by atoms with Crippen LogP contribution in [0.25, 0.3) is 5.57 Å². The van der Waals surface area contributed by atoms with Crippen LogP contribution in [0.4, 0.5) is 0 Å². The number of allylic oxidation sites excluding steroid dienone is 3. The minimum absolute atomic E-state index is 0.0542. The van der Waals surface area contributed by atoms with Crippen molar-refractivity contribution < 1.29 is 14.7 Å². The normalized spacial score (nSPS) is 20.9. The summed E-state index contributed by atoms with van der Waals surface area (Å²) in [5.41, 5.74) is 5.11. The van der Waals surface area contributed by atoms with E-state index in [0.717, 1.165) is 18.4 Å². The molecule has 1 aromatic carbocycles. The molecular weight excluding hydrogens is 312 g/mol. The predicted molar refractivity (Wildman–Crippen MR) is 99.2 cm³/mol. The first kappa shape index (κ1) is 17.4. The lowest BCUT2D eigenvalue weighted by atomic mass is 9.62. The fourth-order valence-electron chi connectivity index (χ4n) is 3.93. The molecule has 0 saturated carbocycles. The molecule has 0 bridgehead atoms. The highest BCUT2D eigenvalue weighted by molar-refractivity contribution is 6.01. The summed E-state index contributed by atoms with van der Waals surface area (Å²) in [6, 6.07) is 6.28. The van der Waals surface area contributed by atoms with Crippen molar-refractivity contribution in [2.24, 2.45) is 0 Å². The molecule has 25 heavy (non-hydrogen) atoms. The van der Waals surface area contributed by atoms with E-state index >= 15 is 0 Å². The summed E-state index contributed by atoms with van der Waals surface area (Å²) in [4.78, 5) is 22.7. The van der Waals surface area contributed by atoms with Gasteiger partial charge in [-0.25, -0.2) is 9.59 Å². The lowest BCUT2D eigenvalue weighted by molar-refractivity contribution is -0.132. The Hall–Kier alpha value is -2.38. The standard InChI is InChI=1S/C22H24O3/c1-21(2)9-10-22(3,4)19-12-15(6-8-18(19)21)17-11-14(13-23)5-7-16(17)20(24)25/h5-8,12H,9-11H2,1-4H3,(H,24,25). The number of benzene rings is 1. The molecule has 3 rings (SSSR count). The number of carbonyl (C=O) groups is 1. The van der Waals surface area contributed by atoms with Crippen molar-refractivity contribution in [3.05, 3.63) is 58.2 Å². The molecule has 0 atom stereocenters. The van der Waals surface area contributed by atoms with Gasteiger partial charge in [-0.1, -0.05) is 45.9 Å². The fourth-order valence-corrected chi connectivity index (χ4v) is 3.93. The van der Waals surface area contributed by atoms with E-state index in [2.05, 4.69) is 39.8 Å². The molecule has 0 radical (unpaired) electrons. The number of hydrogen-bond acceptors (Lipinski definition) is 2. The molecule has 1 N–H and O–H groups in total. The Morgan fingerprint density at radius 3 is 2.28 bits per heavy atom. The first-order valence-corrected chi connectivity index (χ1v) is 8.69. The second-order valence-electron chi connectivity index (χ2n) is 8.36. The molecule has 2 aliphatic rings. The number of rotatable bonds is 2. The van der Waals surface area contributed by atoms with Crippen molar-refractivity contribution in [1.82, 2.24) is 0 Å². The molecule has 0 fully saturated rings. The van der Waals surface area contributed by atoms with Crippen molar-refractivity contribution >= 4 is 17.5 Å². The average Bonchev–Trinajstić information content (AvgIpc) is 2.58. The van der Waals surface area contributed by atoms with Crippen LogP contribution in [0.5, 0.6) is 0 Å². The zero-order valence-corrected chi connectivity index (χ0v) is 15.3. The van der Waals surface area contributed by atoms with Gasteiger partial charge in [-0.15, -0.1) is 0 Å². The van der Waals surface area contributed by atoms with Crippen LogP contribution in [0.3, 0.4) is 0 Å². The van der Waals surface area contributed by atoms with Crippen molar-refractivity contribution in [3.8, 4) is 0 Å². The maximum atomic E-state index is 11.6. The number of carboxylic acid groups (broad SMARTS) is 1. The number of fused-ring (bicyclic) bond motifs is 1. The van der Waals surface area contributed by atoms with Crippen LogP contribution in [0.15, 0.2) is 41.5 Å². The van der Waals surface area contributed by atoms with E-state index in [0.29, 0.717) is 17.6 Å². The molecule has 0 aliphatic heterocycles. The van der Waals surface area contributed by atoms with Crippen molar-refractivity contribution in [1.29, 1.82) is 0 Å². The van der Waals surface area contributed by atoms with Gasteiger partial charge in [-0.3, -0.25) is 0 Å². The summed E-state index contributed by atoms with van der Waals surface area (Å²) in [6.45, 7) is 9.02. The molecule has 3 nitrogen and oxygen atoms in total. The average molecular weight is 336 g/mol. The van der Waals surface area contributed by atoms with E-state index in [4.69, 9.17) is 0 Å². The van der Waals surface area contributed by atoms with Gasteiger partial charge in [0.05, 0.1) is 5.57 Å². The zero-order chi connectivity index (χ0) is 18.4. The third-order valence-corrected chi connectivity index (χ3v) is 5.71. The molecule has 1 aromatic rings. The van der Waals surface area contributed by atoms with Gasteiger partial charge in [0.15, 0.2) is 0 Å². The smallest absolute Gasteiger partial charge is 0.335 e. The number of carbonyl (C=O) groups excluding carboxylic acids is 1. The van der Waals surface area contributed by atoms with E-state index < -0.39 is 5.97 Å². The van der Waals surface area contributed by atoms with E-state index in [1.165, 1.54) is 17.2 Å². The summed E-state index contributed by atoms with van der Waals surface area (Å²) in [6.07, 6.45) is 5.60. The first-order valence-electron chi connectivity index (χ1n) is 8.69. The van der Waals surface area contributed by atoms with Crippen LogP contribution in [0, 0.1) is 0 Å². The minimum Gasteiger partial charge on any atom is -0.478 e. The number of hydrogen-bond donors (Lipinski definition) is 1. The van der Waals surface area contributed by atoms with Gasteiger partial charge >= 0.3 is 5.97 Å². The fraction of sp³-hybridized carbons (Fsp3) is 0.409. The van der Waals surface area contributed by atoms with Gasteiger partial charge in [0.1, 0.15) is 5.94 Å². The van der Waals surface area contributed by atoms with Crippen LogP contribution in [-0.4, -0.2) is 17.0 Å². The lowest BCUT2D eigenvalue weighted by Crippen LogP contribution is -2.33. The van der Waals surface area contributed by atoms with E-state index in [1.54, 1.807) is 6.08 Å². The molecule has 0 saturated heterocycles. The second kappa shape index (κ2) is 5.86. The Morgan fingerprint density at radius 2 is 1.68 bits per heavy atom. The zero-order valence-electron chi connectivity index (χ0n) is 15.3. The highest BCUT2D eigenvalue weighted by Gasteiger charge is 2.37. The van der Waals surface area contributed by atoms with Gasteiger partial charge in [0, 0.05) is 12.0 Å². The SMILES string of the molecule is CC1(C)CCC(C)(C)c2cc(C3=C(C(=O)O)C=CC(=C=O)C3)ccc21. The topological polar surface area (TPSA) is 54.4 Å². The van der Waals surface area contributed by atoms with Crippen LogP contribution >= 0.6 is 0 Å². The quantitative estimate of drug-likeness (QED) is 0.804. The molecule has 0 heterocycles. The minimum atomic E-state index is -0.964. The maximum absolute atomic E-state index is 11.6. The van der Waals surface area contributed by atoms with Crippen LogP contribution in [0.1, 0.15) is 63.6 Å². The Kier molecular flexibility index (Phi) is 4.09. The lowest BCUT2D eigenvalue weighted by Gasteiger charge is -2.42. The molecule has 130 valence electrons. The summed E-state index contributed by atoms with van der Waals surface area (Å²) in [5, 5.41) is 9.54. The third-order valence-electron chi connectivity index (χ3n) is 5.71. The Morgan fingerprint density at radius 1 is 1.04 bits per heavy atom. The summed E-state index contributed by atoms with van der Waals surface area (Å²) in [7, 11) is 0. The first-order chi connectivity index (χ1) is 11.7. The summed E-state index contributed by atoms with van der Waals surface area (Å²) < 4.78 is 0. The van der Waals surface area contributed by atoms with Gasteiger partial charge in [0.2, 0.25) is 0 Å². The van der Waals surface area contributed by atoms with Gasteiger partial charge < -0.3 is 5.11 Å². The largest absolute Gasteiger partial charge is 0.478 e. The highest BCUT2D eigenvalue weighted by atomic mass is 16.4. The molecule has 0 unspecified atom stereocenters. The molecule has 3 heteroatoms. The number of aliphatic carboxylic acids is 1. The van der Waals surface area contributed by atoms with Gasteiger partial charge in [-0.05, 0) is 58.1 Å². The molecule has 2 aliphatic carbocycles. The Labute approximate surface area is 148 Å². The van der Waals surface area contributed by atoms with Crippen LogP contribution < -0.4 is 0 Å². The van der Waals surface area contributed by atoms with E-state index in [9.17, 15) is 14.7 Å². The van der Waals surface area contributed by atoms with E-state index in [-0.39, 0.29) is 16.4 Å². The predicted octanol–water partition coefficient (Wildman–Crippen LogP) is 4.59. The van der Waals surface area contributed by atoms with Crippen molar-refractivity contribution in [2.45, 2.75) is 57.8 Å². The van der Waals surface area contributed by atoms with Crippen LogP contribution in [-0.2, 0) is 20.4 Å². The van der Waals surface area contributed by atoms with E-state index in [1.807, 2.05) is 12.0 Å². The number of carboxylic acids is 1. The molecule has 0 amide bonds. The van der Waals surface area contributed by atoms with Gasteiger partial charge in [0.25, 0.3) is 0 Å². The summed E-state index contributed by atoms with van der Waals surface area (Å²) >= 11 is 0. The third kappa shape index (κ3) is 3.01. The molecule has 0 spiro atoms. The van der Waals surface area contributed by atoms with Crippen molar-refractivity contribution in [3.63, 3.8) is 0 Å². The van der Waals surface area contributed by atoms with Crippen molar-refractivity contribution in [2.75, 3.05) is 0 Å². The highest BCUT2D eigenvalue weighted by Crippen LogP contribution is 2.47. The maximum Gasteiger partial charge on any atom is 0.335 e.